The van der Waals surface area contributed by atoms with Crippen LogP contribution in [0.1, 0.15) is 61.8 Å². The van der Waals surface area contributed by atoms with Crippen LogP contribution in [0.4, 0.5) is 27.2 Å². The normalized spacial score (nSPS) is 17.3. The Morgan fingerprint density at radius 1 is 0.864 bits per heavy atom. The van der Waals surface area contributed by atoms with E-state index in [9.17, 15) is 32.9 Å². The fourth-order valence-electron chi connectivity index (χ4n) is 7.88. The number of benzene rings is 4. The van der Waals surface area contributed by atoms with Gasteiger partial charge >= 0.3 is 12.2 Å². The van der Waals surface area contributed by atoms with Gasteiger partial charge in [-0.05, 0) is 98.5 Å². The Kier molecular flexibility index (Phi) is 14.6. The predicted molar refractivity (Wildman–Crippen MR) is 234 cm³/mol. The van der Waals surface area contributed by atoms with Crippen LogP contribution in [-0.2, 0) is 33.9 Å². The number of aryl methyl sites for hydroxylation is 1. The lowest BCUT2D eigenvalue weighted by molar-refractivity contribution is -0.763. The zero-order valence-electron chi connectivity index (χ0n) is 35.5. The van der Waals surface area contributed by atoms with Crippen LogP contribution in [0.25, 0.3) is 5.57 Å². The van der Waals surface area contributed by atoms with Crippen LogP contribution in [0.5, 0.6) is 11.5 Å². The van der Waals surface area contributed by atoms with Gasteiger partial charge in [-0.2, -0.15) is 4.39 Å². The summed E-state index contributed by atoms with van der Waals surface area (Å²) in [5, 5.41) is 9.85. The van der Waals surface area contributed by atoms with Crippen molar-refractivity contribution >= 4 is 58.5 Å². The highest BCUT2D eigenvalue weighted by atomic mass is 35.6. The van der Waals surface area contributed by atoms with Crippen molar-refractivity contribution in [2.24, 2.45) is 0 Å². The molecule has 13 nitrogen and oxygen atoms in total. The van der Waals surface area contributed by atoms with Gasteiger partial charge in [0.05, 0.1) is 18.7 Å². The summed E-state index contributed by atoms with van der Waals surface area (Å²) >= 11 is 18.7. The Morgan fingerprint density at radius 3 is 2.26 bits per heavy atom. The van der Waals surface area contributed by atoms with Crippen LogP contribution in [0.3, 0.4) is 0 Å². The van der Waals surface area contributed by atoms with Crippen LogP contribution in [0, 0.1) is 33.4 Å². The summed E-state index contributed by atoms with van der Waals surface area (Å²) in [5.74, 6) is -5.46. The van der Waals surface area contributed by atoms with Gasteiger partial charge in [0.2, 0.25) is 9.61 Å². The summed E-state index contributed by atoms with van der Waals surface area (Å²) in [6.45, 7) is 1.82. The van der Waals surface area contributed by atoms with Gasteiger partial charge in [0.1, 0.15) is 18.2 Å². The molecule has 3 aliphatic rings. The molecule has 0 radical (unpaired) electrons. The molecular weight excluding hydrogens is 935 g/mol. The molecule has 0 aromatic heterocycles. The second-order valence-corrected chi connectivity index (χ2v) is 18.8. The van der Waals surface area contributed by atoms with E-state index >= 15 is 9.18 Å². The zero-order valence-corrected chi connectivity index (χ0v) is 37.8. The van der Waals surface area contributed by atoms with Gasteiger partial charge < -0.3 is 28.8 Å². The minimum absolute atomic E-state index is 0.00845. The van der Waals surface area contributed by atoms with Crippen molar-refractivity contribution in [1.29, 1.82) is 0 Å². The molecule has 0 N–H and O–H groups in total. The molecule has 1 aliphatic carbocycles. The third-order valence-corrected chi connectivity index (χ3v) is 12.9. The van der Waals surface area contributed by atoms with E-state index in [0.29, 0.717) is 48.4 Å². The fraction of sp³-hybridized carbons (Fsp3) is 0.370. The molecule has 350 valence electrons. The molecule has 2 atom stereocenters. The summed E-state index contributed by atoms with van der Waals surface area (Å²) in [5.41, 5.74) is 1.04. The second kappa shape index (κ2) is 20.0. The molecule has 2 aliphatic heterocycles. The smallest absolute Gasteiger partial charge is 0.415 e. The Bertz CT molecular complexity index is 2520. The number of halogens is 7. The zero-order chi connectivity index (χ0) is 47.5. The van der Waals surface area contributed by atoms with Gasteiger partial charge in [0.25, 0.3) is 11.0 Å². The molecule has 2 bridgehead atoms. The van der Waals surface area contributed by atoms with Crippen molar-refractivity contribution in [3.63, 3.8) is 0 Å². The first-order chi connectivity index (χ1) is 31.3. The highest BCUT2D eigenvalue weighted by Gasteiger charge is 2.53. The molecule has 2 unspecified atom stereocenters. The Hall–Kier alpha value is -5.78. The van der Waals surface area contributed by atoms with Crippen molar-refractivity contribution in [3.8, 4) is 11.5 Å². The van der Waals surface area contributed by atoms with Crippen LogP contribution in [0.15, 0.2) is 90.5 Å². The number of piperazine rings is 1. The van der Waals surface area contributed by atoms with E-state index in [1.165, 1.54) is 47.9 Å². The maximum absolute atomic E-state index is 15.4. The molecule has 20 heteroatoms. The van der Waals surface area contributed by atoms with Gasteiger partial charge in [-0.3, -0.25) is 9.69 Å². The SMILES string of the molecule is CC(C)(OC(=O)N1C2CC(c3ccc(CCCOc4c(F)ccc(F)c4F)cc3)=C(C(=O)N(Cc3ccccc3F)C3CC3)C1CN(C(=O)Oc1cccc(CO[N+](=O)[O-])c1)C2)C(Cl)(Cl)Cl. The monoisotopic (exact) mass is 976 g/mol. The average molecular weight is 978 g/mol. The van der Waals surface area contributed by atoms with Gasteiger partial charge in [0, 0.05) is 36.8 Å². The van der Waals surface area contributed by atoms with Gasteiger partial charge in [-0.25, -0.2) is 22.8 Å². The predicted octanol–water partition coefficient (Wildman–Crippen LogP) is 10.2. The first kappa shape index (κ1) is 48.2. The standard InChI is InChI=1S/C46H43Cl3F4N4O9/c1-45(2,46(47,48)49)66-44(60)56-32-22-34(29-14-12-27(13-15-29)8-6-20-63-41-37(52)19-18-36(51)40(41)53)39(42(58)55(31-16-17-31)23-30-9-3-4-11-35(30)50)38(56)25-54(24-32)43(59)65-33-10-5-7-28(21-33)26-64-57(61)62/h3-5,7,9-15,18-19,21,31-32,38H,6,8,16-17,20,22-26H2,1-2H3. The number of alkyl halides is 3. The van der Waals surface area contributed by atoms with Crippen molar-refractivity contribution in [3.05, 3.63) is 146 Å². The number of amides is 3. The molecule has 1 saturated heterocycles. The molecule has 7 rings (SSSR count). The van der Waals surface area contributed by atoms with Crippen molar-refractivity contribution in [1.82, 2.24) is 14.7 Å². The van der Waals surface area contributed by atoms with E-state index in [0.717, 1.165) is 11.6 Å². The number of rotatable bonds is 15. The summed E-state index contributed by atoms with van der Waals surface area (Å²) in [4.78, 5) is 63.3. The first-order valence-corrected chi connectivity index (χ1v) is 22.0. The lowest BCUT2D eigenvalue weighted by atomic mass is 9.81. The summed E-state index contributed by atoms with van der Waals surface area (Å²) in [6, 6.07) is 18.4. The Morgan fingerprint density at radius 2 is 1.58 bits per heavy atom. The van der Waals surface area contributed by atoms with Crippen LogP contribution in [-0.4, -0.2) is 85.1 Å². The summed E-state index contributed by atoms with van der Waals surface area (Å²) in [7, 11) is 0. The number of ether oxygens (including phenoxy) is 3. The summed E-state index contributed by atoms with van der Waals surface area (Å²) < 4.78 is 71.9. The van der Waals surface area contributed by atoms with Crippen LogP contribution < -0.4 is 9.47 Å². The van der Waals surface area contributed by atoms with E-state index in [2.05, 4.69) is 4.84 Å². The molecule has 4 aromatic rings. The third-order valence-electron chi connectivity index (χ3n) is 11.5. The minimum atomic E-state index is -2.08. The van der Waals surface area contributed by atoms with E-state index in [-0.39, 0.29) is 55.6 Å². The number of hydrogen-bond donors (Lipinski definition) is 0. The average Bonchev–Trinajstić information content (AvgIpc) is 4.11. The van der Waals surface area contributed by atoms with Crippen molar-refractivity contribution in [2.45, 2.75) is 86.6 Å². The van der Waals surface area contributed by atoms with Gasteiger partial charge in [-0.15, -0.1) is 10.1 Å². The molecule has 2 fully saturated rings. The number of carbonyl (C=O) groups is 3. The number of hydrogen-bond acceptors (Lipinski definition) is 9. The first-order valence-electron chi connectivity index (χ1n) is 20.8. The largest absolute Gasteiger partial charge is 0.488 e. The number of nitrogens with zero attached hydrogens (tertiary/aromatic N) is 4. The number of fused-ring (bicyclic) bond motifs is 2. The third kappa shape index (κ3) is 11.1. The maximum atomic E-state index is 15.4. The van der Waals surface area contributed by atoms with Gasteiger partial charge in [-0.1, -0.05) is 89.4 Å². The lowest BCUT2D eigenvalue weighted by Gasteiger charge is -2.51. The quantitative estimate of drug-likeness (QED) is 0.0284. The Labute approximate surface area is 391 Å². The van der Waals surface area contributed by atoms with Crippen LogP contribution in [0.2, 0.25) is 0 Å². The highest BCUT2D eigenvalue weighted by Crippen LogP contribution is 2.45. The minimum Gasteiger partial charge on any atom is -0.488 e. The topological polar surface area (TPSA) is 141 Å². The lowest BCUT2D eigenvalue weighted by Crippen LogP contribution is -2.66. The summed E-state index contributed by atoms with van der Waals surface area (Å²) in [6.07, 6.45) is 0.218. The molecule has 4 aromatic carbocycles. The van der Waals surface area contributed by atoms with E-state index in [4.69, 9.17) is 49.0 Å². The Balaban J connectivity index is 1.24. The van der Waals surface area contributed by atoms with Crippen LogP contribution >= 0.6 is 34.8 Å². The molecule has 0 spiro atoms. The highest BCUT2D eigenvalue weighted by molar-refractivity contribution is 6.68. The molecule has 1 saturated carbocycles. The van der Waals surface area contributed by atoms with E-state index in [1.54, 1.807) is 53.4 Å². The van der Waals surface area contributed by atoms with E-state index in [1.807, 2.05) is 0 Å². The molecule has 3 amide bonds. The maximum Gasteiger partial charge on any atom is 0.415 e. The van der Waals surface area contributed by atoms with Crippen molar-refractivity contribution < 1.29 is 56.1 Å². The fourth-order valence-corrected chi connectivity index (χ4v) is 8.00. The van der Waals surface area contributed by atoms with Crippen molar-refractivity contribution in [2.75, 3.05) is 19.7 Å². The van der Waals surface area contributed by atoms with E-state index < -0.39 is 80.3 Å². The second-order valence-electron chi connectivity index (χ2n) is 16.5. The molecule has 66 heavy (non-hydrogen) atoms. The molecule has 2 heterocycles. The molecular formula is C46H43Cl3F4N4O9. The van der Waals surface area contributed by atoms with Gasteiger partial charge in [0.15, 0.2) is 23.0 Å². The number of carbonyl (C=O) groups excluding carboxylic acids is 3.